The highest BCUT2D eigenvalue weighted by molar-refractivity contribution is 5.66. The Morgan fingerprint density at radius 3 is 2.15 bits per heavy atom. The van der Waals surface area contributed by atoms with E-state index in [2.05, 4.69) is 11.8 Å². The number of ether oxygens (including phenoxy) is 1. The molecule has 0 fully saturated rings. The molecule has 0 bridgehead atoms. The maximum Gasteiger partial charge on any atom is 0.405 e. The lowest BCUT2D eigenvalue weighted by Gasteiger charge is -2.25. The summed E-state index contributed by atoms with van der Waals surface area (Å²) >= 11 is 0. The first-order valence-electron chi connectivity index (χ1n) is 6.74. The van der Waals surface area contributed by atoms with E-state index in [1.54, 1.807) is 20.8 Å². The highest BCUT2D eigenvalue weighted by atomic mass is 19.4. The van der Waals surface area contributed by atoms with Gasteiger partial charge in [-0.25, -0.2) is 0 Å². The molecule has 0 radical (unpaired) electrons. The van der Waals surface area contributed by atoms with Crippen molar-refractivity contribution in [3.63, 3.8) is 0 Å². The molecule has 2 atom stereocenters. The van der Waals surface area contributed by atoms with Crippen molar-refractivity contribution in [2.24, 2.45) is 11.3 Å². The molecule has 2 nitrogen and oxygen atoms in total. The second kappa shape index (κ2) is 7.56. The molecular weight excluding hydrogens is 269 g/mol. The van der Waals surface area contributed by atoms with Crippen LogP contribution >= 0.6 is 0 Å². The maximum atomic E-state index is 13.1. The van der Waals surface area contributed by atoms with Gasteiger partial charge in [0.1, 0.15) is 6.10 Å². The molecule has 0 aromatic heterocycles. The lowest BCUT2D eigenvalue weighted by Crippen LogP contribution is -2.36. The molecule has 5 heteroatoms. The average molecular weight is 292 g/mol. The number of unbranched alkanes of at least 4 members (excludes halogenated alkanes) is 1. The van der Waals surface area contributed by atoms with Crippen LogP contribution in [-0.4, -0.2) is 18.2 Å². The predicted molar refractivity (Wildman–Crippen MR) is 71.9 cm³/mol. The fraction of sp³-hybridized carbons (Fsp3) is 0.800. The second-order valence-corrected chi connectivity index (χ2v) is 5.83. The number of carbonyl (C=O) groups is 1. The Morgan fingerprint density at radius 2 is 1.80 bits per heavy atom. The summed E-state index contributed by atoms with van der Waals surface area (Å²) in [6.45, 7) is 8.19. The second-order valence-electron chi connectivity index (χ2n) is 5.83. The topological polar surface area (TPSA) is 26.3 Å². The summed E-state index contributed by atoms with van der Waals surface area (Å²) in [6, 6.07) is 0. The summed E-state index contributed by atoms with van der Waals surface area (Å²) in [5, 5.41) is 0. The zero-order chi connectivity index (χ0) is 16.0. The van der Waals surface area contributed by atoms with Gasteiger partial charge in [-0.3, -0.25) is 4.79 Å². The number of hydrogen-bond donors (Lipinski definition) is 0. The lowest BCUT2D eigenvalue weighted by atomic mass is 9.93. The van der Waals surface area contributed by atoms with Gasteiger partial charge >= 0.3 is 12.1 Å². The van der Waals surface area contributed by atoms with Crippen LogP contribution in [0.3, 0.4) is 0 Å². The molecule has 0 heterocycles. The first-order chi connectivity index (χ1) is 8.97. The minimum Gasteiger partial charge on any atom is -0.461 e. The standard InChI is InChI=1S/C15H23F3O2/c1-6-7-8-13(20-11(2)19)12(15(16,17)18)9-10-14(3,4)5/h12-13H,6-8H2,1-5H3/t12-,13+/m1/s1. The van der Waals surface area contributed by atoms with Crippen LogP contribution in [0, 0.1) is 23.2 Å². The fourth-order valence-corrected chi connectivity index (χ4v) is 1.59. The third-order valence-electron chi connectivity index (χ3n) is 2.49. The number of hydrogen-bond acceptors (Lipinski definition) is 2. The molecule has 0 rings (SSSR count). The molecule has 0 aromatic rings. The fourth-order valence-electron chi connectivity index (χ4n) is 1.59. The van der Waals surface area contributed by atoms with Crippen molar-refractivity contribution in [1.82, 2.24) is 0 Å². The molecule has 0 aromatic carbocycles. The van der Waals surface area contributed by atoms with Crippen molar-refractivity contribution >= 4 is 5.97 Å². The van der Waals surface area contributed by atoms with E-state index in [9.17, 15) is 18.0 Å². The summed E-state index contributed by atoms with van der Waals surface area (Å²) in [5.41, 5.74) is -0.533. The Bertz CT molecular complexity index is 369. The van der Waals surface area contributed by atoms with E-state index < -0.39 is 29.6 Å². The summed E-state index contributed by atoms with van der Waals surface area (Å²) in [4.78, 5) is 11.0. The number of rotatable bonds is 5. The van der Waals surface area contributed by atoms with E-state index in [-0.39, 0.29) is 6.42 Å². The Kier molecular flexibility index (Phi) is 7.12. The number of halogens is 3. The van der Waals surface area contributed by atoms with Crippen molar-refractivity contribution in [3.8, 4) is 11.8 Å². The van der Waals surface area contributed by atoms with E-state index in [0.717, 1.165) is 13.3 Å². The Morgan fingerprint density at radius 1 is 1.25 bits per heavy atom. The van der Waals surface area contributed by atoms with Gasteiger partial charge in [-0.05, 0) is 33.6 Å². The third-order valence-corrected chi connectivity index (χ3v) is 2.49. The van der Waals surface area contributed by atoms with Gasteiger partial charge in [0, 0.05) is 12.3 Å². The largest absolute Gasteiger partial charge is 0.461 e. The van der Waals surface area contributed by atoms with Gasteiger partial charge in [0.05, 0.1) is 0 Å². The smallest absolute Gasteiger partial charge is 0.405 e. The Labute approximate surface area is 119 Å². The van der Waals surface area contributed by atoms with E-state index in [4.69, 9.17) is 4.74 Å². The van der Waals surface area contributed by atoms with Crippen LogP contribution in [0.15, 0.2) is 0 Å². The van der Waals surface area contributed by atoms with Crippen molar-refractivity contribution in [2.45, 2.75) is 66.2 Å². The molecule has 116 valence electrons. The molecule has 0 saturated carbocycles. The van der Waals surface area contributed by atoms with Gasteiger partial charge in [-0.15, -0.1) is 0 Å². The van der Waals surface area contributed by atoms with Crippen molar-refractivity contribution < 1.29 is 22.7 Å². The minimum atomic E-state index is -4.51. The zero-order valence-corrected chi connectivity index (χ0v) is 12.7. The molecule has 0 spiro atoms. The highest BCUT2D eigenvalue weighted by Gasteiger charge is 2.45. The number of carbonyl (C=O) groups excluding carboxylic acids is 1. The maximum absolute atomic E-state index is 13.1. The monoisotopic (exact) mass is 292 g/mol. The van der Waals surface area contributed by atoms with E-state index in [1.807, 2.05) is 6.92 Å². The van der Waals surface area contributed by atoms with Crippen LogP contribution < -0.4 is 0 Å². The lowest BCUT2D eigenvalue weighted by molar-refractivity contribution is -0.193. The highest BCUT2D eigenvalue weighted by Crippen LogP contribution is 2.32. The van der Waals surface area contributed by atoms with Crippen LogP contribution in [0.5, 0.6) is 0 Å². The zero-order valence-electron chi connectivity index (χ0n) is 12.7. The van der Waals surface area contributed by atoms with Crippen molar-refractivity contribution in [1.29, 1.82) is 0 Å². The predicted octanol–water partition coefficient (Wildman–Crippen LogP) is 4.34. The molecule has 0 aliphatic heterocycles. The van der Waals surface area contributed by atoms with Gasteiger partial charge < -0.3 is 4.74 Å². The first kappa shape index (κ1) is 18.8. The Hall–Kier alpha value is -1.18. The van der Waals surface area contributed by atoms with Gasteiger partial charge in [0.15, 0.2) is 5.92 Å². The van der Waals surface area contributed by atoms with Crippen LogP contribution in [0.25, 0.3) is 0 Å². The minimum absolute atomic E-state index is 0.166. The molecule has 0 saturated heterocycles. The first-order valence-corrected chi connectivity index (χ1v) is 6.74. The molecule has 0 amide bonds. The normalized spacial score (nSPS) is 15.0. The van der Waals surface area contributed by atoms with Gasteiger partial charge in [-0.2, -0.15) is 13.2 Å². The summed E-state index contributed by atoms with van der Waals surface area (Å²) in [6.07, 6.45) is -4.29. The van der Waals surface area contributed by atoms with Gasteiger partial charge in [0.2, 0.25) is 0 Å². The molecule has 0 N–H and O–H groups in total. The van der Waals surface area contributed by atoms with Gasteiger partial charge in [-0.1, -0.05) is 25.2 Å². The number of esters is 1. The molecule has 0 aliphatic rings. The average Bonchev–Trinajstić information content (AvgIpc) is 2.21. The molecule has 0 unspecified atom stereocenters. The van der Waals surface area contributed by atoms with Gasteiger partial charge in [0.25, 0.3) is 0 Å². The summed E-state index contributed by atoms with van der Waals surface area (Å²) in [7, 11) is 0. The van der Waals surface area contributed by atoms with Crippen LogP contribution in [-0.2, 0) is 9.53 Å². The summed E-state index contributed by atoms with van der Waals surface area (Å²) in [5.74, 6) is 2.22. The van der Waals surface area contributed by atoms with E-state index >= 15 is 0 Å². The SMILES string of the molecule is CCCC[C@H](OC(C)=O)[C@@H](C#CC(C)(C)C)C(F)(F)F. The quantitative estimate of drug-likeness (QED) is 0.556. The van der Waals surface area contributed by atoms with Crippen molar-refractivity contribution in [3.05, 3.63) is 0 Å². The Balaban J connectivity index is 5.29. The van der Waals surface area contributed by atoms with Crippen molar-refractivity contribution in [2.75, 3.05) is 0 Å². The van der Waals surface area contributed by atoms with Crippen LogP contribution in [0.4, 0.5) is 13.2 Å². The van der Waals surface area contributed by atoms with Crippen LogP contribution in [0.2, 0.25) is 0 Å². The molecule has 0 aliphatic carbocycles. The van der Waals surface area contributed by atoms with E-state index in [1.165, 1.54) is 0 Å². The molecule has 20 heavy (non-hydrogen) atoms. The van der Waals surface area contributed by atoms with E-state index in [0.29, 0.717) is 6.42 Å². The summed E-state index contributed by atoms with van der Waals surface area (Å²) < 4.78 is 44.2. The van der Waals surface area contributed by atoms with Crippen LogP contribution in [0.1, 0.15) is 53.9 Å². The molecular formula is C15H23F3O2. The third kappa shape index (κ3) is 8.08. The number of alkyl halides is 3.